The molecule has 8 fully saturated rings. The Morgan fingerprint density at radius 2 is 0.766 bits per heavy atom. The molecule has 0 bridgehead atoms. The highest BCUT2D eigenvalue weighted by Gasteiger charge is 2.56. The Morgan fingerprint density at radius 1 is 0.433 bits per heavy atom. The zero-order valence-electron chi connectivity index (χ0n) is 81.3. The molecule has 7 saturated heterocycles. The maximum absolute atomic E-state index is 12.3. The average molecular weight is 2020 g/mol. The van der Waals surface area contributed by atoms with Crippen molar-refractivity contribution < 1.29 is 115 Å². The Labute approximate surface area is 826 Å². The molecule has 1 unspecified atom stereocenters. The van der Waals surface area contributed by atoms with Crippen LogP contribution in [0.5, 0.6) is 0 Å². The molecular weight excluding hydrogens is 1890 g/mol. The highest BCUT2D eigenvalue weighted by atomic mass is 79.9. The van der Waals surface area contributed by atoms with Crippen molar-refractivity contribution in [3.05, 3.63) is 182 Å². The first-order valence-corrected chi connectivity index (χ1v) is 46.9. The fourth-order valence-electron chi connectivity index (χ4n) is 16.5. The number of amides is 30. The summed E-state index contributed by atoms with van der Waals surface area (Å²) < 4.78 is 0.508. The molecule has 9 aliphatic rings. The van der Waals surface area contributed by atoms with Crippen LogP contribution in [0.25, 0.3) is 0 Å². The minimum Gasteiger partial charge on any atom is -0.480 e. The monoisotopic (exact) mass is 2020 g/mol. The molecule has 16 N–H and O–H groups in total. The van der Waals surface area contributed by atoms with Crippen molar-refractivity contribution in [2.45, 2.75) is 227 Å². The van der Waals surface area contributed by atoms with E-state index >= 15 is 0 Å². The van der Waals surface area contributed by atoms with Gasteiger partial charge in [-0.1, -0.05) is 251 Å². The molecule has 2 atom stereocenters. The summed E-state index contributed by atoms with van der Waals surface area (Å²) in [6, 6.07) is 21.5. The molecule has 8 aliphatic heterocycles. The highest BCUT2D eigenvalue weighted by Crippen LogP contribution is 2.39. The molecule has 0 aromatic heterocycles. The summed E-state index contributed by atoms with van der Waals surface area (Å²) in [7, 11) is 2.06. The lowest BCUT2D eigenvalue weighted by Crippen LogP contribution is -2.64. The first-order chi connectivity index (χ1) is 66.6. The summed E-state index contributed by atoms with van der Waals surface area (Å²) in [6.07, 6.45) is 22.0. The summed E-state index contributed by atoms with van der Waals surface area (Å²) in [5, 5.41) is 42.6. The number of imide groups is 14. The standard InChI is InChI=1S/C15H18N2O3.C13H12N2O3.C12H12N2O3.C11H18N2O3.C10H11BrN2O3.C10H14N2O3.C10H12N2O3.C10H21N.C8H12N2O3/c1-2-3-9-12-13(18)16-15(20)17(14(12)19)10-11-7-5-4-6-8-11;1-2-8-13(9-6-4-3-5-7-9)10(16)14-12(18)15-11(13)17;1-2-12(8-6-4-3-5-7-8)9(15)13-11(17)14-10(12)16;1-4-11(6-5-7(2)3)8(14)12-10(16)13-9(11)15;1-3-4-10(5-6(2)11)7(14)12-9(16)13-8(10)15;1-4-5-10(6(2)3)7(13)11-9(15)12-8(10)14;1-3-5-10(6-4-2)7(13)11-9(15)12-8(10)14;1-9(11-2)8-10-6-4-3-5-7-10;1-3-8(4-2)5(11)9-7(13)10-6(8)12/h4-8,12H,2-3,9-10H2,1H3,(H,16,18,20);2-7H,1,8H2,(H2,14,15,16,17,18);3-7H,2H2,1H3,(H2,13,14,15,16,17);7H,4-6H2,1-3H3,(H2,12,13,14,15,16);3H,1-2,4-5H2,(H2,12,13,14,15,16);4,6H,1,5H2,2-3H3,(H2,11,12,13,14,15);3-4H,1-2,5-6H2,(H2,11,12,13,14,15);9-11H,3-8H2,1-2H3;3-4H2,1-2H3,(H2,9,10,11,12,13)/t;;;;;;;9-;/m.......0./s1. The quantitative estimate of drug-likeness (QED) is 0.0218. The Balaban J connectivity index is 0.000000332. The van der Waals surface area contributed by atoms with Crippen LogP contribution in [0, 0.1) is 50.7 Å². The van der Waals surface area contributed by atoms with E-state index in [9.17, 15) is 115 Å². The van der Waals surface area contributed by atoms with Gasteiger partial charge in [-0.2, -0.15) is 4.99 Å². The zero-order chi connectivity index (χ0) is 106. The van der Waals surface area contributed by atoms with Gasteiger partial charge < -0.3 is 10.4 Å². The lowest BCUT2D eigenvalue weighted by Gasteiger charge is -2.36. The first-order valence-electron chi connectivity index (χ1n) is 46.1. The molecule has 0 radical (unpaired) electrons. The van der Waals surface area contributed by atoms with Crippen molar-refractivity contribution in [3.63, 3.8) is 0 Å². The normalized spacial score (nSPS) is 19.5. The van der Waals surface area contributed by atoms with Gasteiger partial charge >= 0.3 is 42.2 Å². The van der Waals surface area contributed by atoms with E-state index in [0.29, 0.717) is 60.1 Å². The van der Waals surface area contributed by atoms with Crippen molar-refractivity contribution in [3.8, 4) is 0 Å². The van der Waals surface area contributed by atoms with Gasteiger partial charge in [0, 0.05) is 12.5 Å². The molecule has 42 heteroatoms. The summed E-state index contributed by atoms with van der Waals surface area (Å²) in [6.45, 7) is 40.3. The van der Waals surface area contributed by atoms with Crippen molar-refractivity contribution in [1.29, 1.82) is 0 Å². The predicted molar refractivity (Wildman–Crippen MR) is 522 cm³/mol. The van der Waals surface area contributed by atoms with E-state index in [4.69, 9.17) is 0 Å². The van der Waals surface area contributed by atoms with Gasteiger partial charge in [0.25, 0.3) is 11.9 Å². The van der Waals surface area contributed by atoms with Crippen LogP contribution in [0.1, 0.15) is 221 Å². The van der Waals surface area contributed by atoms with E-state index < -0.39 is 181 Å². The van der Waals surface area contributed by atoms with Crippen molar-refractivity contribution in [2.24, 2.45) is 55.7 Å². The van der Waals surface area contributed by atoms with E-state index in [-0.39, 0.29) is 56.9 Å². The molecule has 8 heterocycles. The first kappa shape index (κ1) is 119. The van der Waals surface area contributed by atoms with Crippen LogP contribution in [0.15, 0.2) is 170 Å². The highest BCUT2D eigenvalue weighted by molar-refractivity contribution is 9.11. The number of hydrogen-bond donors (Lipinski definition) is 16. The maximum Gasteiger partial charge on any atom is 0.328 e. The number of hydrogen-bond acceptors (Lipinski definition) is 24. The largest absolute Gasteiger partial charge is 0.480 e. The number of nitrogens with zero attached hydrogens (tertiary/aromatic N) is 2. The predicted octanol–water partition coefficient (Wildman–Crippen LogP) is 10.0. The number of allylic oxidation sites excluding steroid dienone is 6. The lowest BCUT2D eigenvalue weighted by atomic mass is 9.72. The number of nitrogens with one attached hydrogen (secondary N) is 15. The molecular formula is C99H130BrN17O24. The number of aliphatic imine (C=N–C) groups is 1. The van der Waals surface area contributed by atoms with Crippen molar-refractivity contribution in [2.75, 3.05) is 7.05 Å². The number of barbiturate groups is 7. The van der Waals surface area contributed by atoms with Gasteiger partial charge in [0.2, 0.25) is 88.6 Å². The van der Waals surface area contributed by atoms with Gasteiger partial charge in [0.15, 0.2) is 10.8 Å². The number of benzene rings is 3. The van der Waals surface area contributed by atoms with Crippen molar-refractivity contribution >= 4 is 159 Å². The SMILES string of the molecule is C=CCC1(C(C)C)C(=O)NC(=O)NC1=O.C=CCC1(CC(=C)Br)C(=O)NC(=O)NC1=O.C=CCC1(CC=C)C(=O)NC(=O)NC1=O.C=CCC1(c2ccccc2)C(=O)NC(=O)NC1=O.CCC1(CC)C(=O)NC(=O)NC1=O.CCC1(CCC(C)C)C(=O)NC(=O)NC1=O.CCC1(c2ccccc2)C(=O)NC(=O)NC1=O.CCCCC1C(=O)N=C(O)N(Cc2ccccc2)C1=O.CN[C@@H](C)CC1CCCCC1. The second-order valence-electron chi connectivity index (χ2n) is 34.9. The van der Waals surface area contributed by atoms with Crippen LogP contribution < -0.4 is 79.8 Å². The van der Waals surface area contributed by atoms with E-state index in [1.807, 2.05) is 51.1 Å². The maximum atomic E-state index is 12.3. The number of halogens is 1. The third kappa shape index (κ3) is 30.0. The lowest BCUT2D eigenvalue weighted by molar-refractivity contribution is -0.148. The summed E-state index contributed by atoms with van der Waals surface area (Å²) in [5.41, 5.74) is -6.69. The van der Waals surface area contributed by atoms with E-state index in [1.54, 1.807) is 102 Å². The third-order valence-corrected chi connectivity index (χ3v) is 25.4. The average Bonchev–Trinajstić information content (AvgIpc) is 0.708. The van der Waals surface area contributed by atoms with E-state index in [1.165, 1.54) is 73.8 Å². The molecule has 0 spiro atoms. The molecule has 3 aromatic rings. The molecule has 1 aliphatic carbocycles. The number of urea groups is 7. The van der Waals surface area contributed by atoms with Gasteiger partial charge in [-0.15, -0.1) is 32.9 Å². The summed E-state index contributed by atoms with van der Waals surface area (Å²) in [5.74, 6) is -8.28. The number of rotatable bonds is 30. The second kappa shape index (κ2) is 55.3. The number of carbonyl (C=O) groups excluding carboxylic acids is 23. The van der Waals surface area contributed by atoms with Gasteiger partial charge in [-0.3, -0.25) is 156 Å². The van der Waals surface area contributed by atoms with Crippen LogP contribution in [-0.2, 0) is 94.1 Å². The Bertz CT molecular complexity index is 5120. The third-order valence-electron chi connectivity index (χ3n) is 25.2. The van der Waals surface area contributed by atoms with Gasteiger partial charge in [0.1, 0.15) is 33.0 Å². The molecule has 141 heavy (non-hydrogen) atoms. The molecule has 3 aromatic carbocycles. The van der Waals surface area contributed by atoms with E-state index in [2.05, 4.69) is 154 Å². The van der Waals surface area contributed by atoms with Gasteiger partial charge in [-0.25, -0.2) is 33.6 Å². The van der Waals surface area contributed by atoms with Gasteiger partial charge in [0.05, 0.1) is 6.54 Å². The Morgan fingerprint density at radius 3 is 1.11 bits per heavy atom. The van der Waals surface area contributed by atoms with Crippen LogP contribution in [0.2, 0.25) is 0 Å². The number of aliphatic hydroxyl groups excluding tert-OH is 1. The fourth-order valence-corrected chi connectivity index (χ4v) is 17.0. The number of amidine groups is 1. The molecule has 41 nitrogen and oxygen atoms in total. The Hall–Kier alpha value is -14.6. The smallest absolute Gasteiger partial charge is 0.328 e. The fraction of sp³-hybridized carbons (Fsp3) is 0.455. The number of aliphatic hydroxyl groups is 1. The van der Waals surface area contributed by atoms with Crippen LogP contribution in [-0.4, -0.2) is 166 Å². The van der Waals surface area contributed by atoms with Crippen LogP contribution in [0.3, 0.4) is 0 Å². The number of unbranched alkanes of at least 4 members (excludes halogenated alkanes) is 1. The summed E-state index contributed by atoms with van der Waals surface area (Å²) >= 11 is 3.11. The second-order valence-corrected chi connectivity index (χ2v) is 36.1. The molecule has 762 valence electrons. The van der Waals surface area contributed by atoms with Gasteiger partial charge in [-0.05, 0) is 136 Å². The summed E-state index contributed by atoms with van der Waals surface area (Å²) in [4.78, 5) is 270. The topological polar surface area (TPSA) is 609 Å². The minimum absolute atomic E-state index is 0.115. The molecule has 30 amide bonds. The minimum atomic E-state index is -1.42. The molecule has 12 rings (SSSR count). The van der Waals surface area contributed by atoms with Crippen LogP contribution >= 0.6 is 15.9 Å². The number of carbonyl (C=O) groups is 23. The Kier molecular flexibility index (Phi) is 46.5. The van der Waals surface area contributed by atoms with Crippen LogP contribution in [0.4, 0.5) is 33.6 Å². The zero-order valence-corrected chi connectivity index (χ0v) is 82.9. The molecule has 1 saturated carbocycles. The van der Waals surface area contributed by atoms with E-state index in [0.717, 1.165) is 36.8 Å². The van der Waals surface area contributed by atoms with Crippen molar-refractivity contribution in [1.82, 2.24) is 84.7 Å².